The van der Waals surface area contributed by atoms with Crippen LogP contribution in [0.1, 0.15) is 60.3 Å². The van der Waals surface area contributed by atoms with Gasteiger partial charge < -0.3 is 10.2 Å². The maximum atomic E-state index is 3.76. The van der Waals surface area contributed by atoms with E-state index in [1.165, 1.54) is 51.9 Å². The normalized spacial score (nSPS) is 30.5. The first-order chi connectivity index (χ1) is 8.79. The molecule has 0 aromatic heterocycles. The van der Waals surface area contributed by atoms with Gasteiger partial charge in [-0.1, -0.05) is 34.6 Å². The molecule has 2 rings (SSSR count). The van der Waals surface area contributed by atoms with E-state index in [0.29, 0.717) is 16.9 Å². The third-order valence-corrected chi connectivity index (χ3v) is 5.59. The van der Waals surface area contributed by atoms with Crippen LogP contribution in [0.4, 0.5) is 0 Å². The molecule has 2 heteroatoms. The summed E-state index contributed by atoms with van der Waals surface area (Å²) in [4.78, 5) is 2.70. The van der Waals surface area contributed by atoms with E-state index in [1.807, 2.05) is 0 Å². The van der Waals surface area contributed by atoms with Gasteiger partial charge in [-0.2, -0.15) is 0 Å². The second kappa shape index (κ2) is 5.73. The Labute approximate surface area is 120 Å². The molecule has 0 aromatic carbocycles. The van der Waals surface area contributed by atoms with Crippen molar-refractivity contribution in [2.24, 2.45) is 16.7 Å². The molecule has 2 aliphatic heterocycles. The van der Waals surface area contributed by atoms with Gasteiger partial charge in [0, 0.05) is 12.6 Å². The van der Waals surface area contributed by atoms with Crippen molar-refractivity contribution in [3.63, 3.8) is 0 Å². The van der Waals surface area contributed by atoms with Crippen molar-refractivity contribution in [1.29, 1.82) is 0 Å². The highest BCUT2D eigenvalue weighted by atomic mass is 15.2. The van der Waals surface area contributed by atoms with Gasteiger partial charge in [-0.15, -0.1) is 0 Å². The Morgan fingerprint density at radius 1 is 1.16 bits per heavy atom. The molecule has 2 heterocycles. The Kier molecular flexibility index (Phi) is 4.62. The van der Waals surface area contributed by atoms with Crippen molar-refractivity contribution < 1.29 is 0 Å². The maximum Gasteiger partial charge on any atom is 0.0246 e. The lowest BCUT2D eigenvalue weighted by Gasteiger charge is -2.45. The fourth-order valence-corrected chi connectivity index (χ4v) is 3.82. The van der Waals surface area contributed by atoms with Crippen molar-refractivity contribution in [2.75, 3.05) is 26.2 Å². The van der Waals surface area contributed by atoms with Gasteiger partial charge >= 0.3 is 0 Å². The van der Waals surface area contributed by atoms with E-state index in [1.54, 1.807) is 0 Å². The van der Waals surface area contributed by atoms with E-state index >= 15 is 0 Å². The van der Waals surface area contributed by atoms with Crippen molar-refractivity contribution in [3.8, 4) is 0 Å². The molecule has 1 atom stereocenters. The Morgan fingerprint density at radius 2 is 1.79 bits per heavy atom. The number of nitrogens with zero attached hydrogens (tertiary/aromatic N) is 1. The van der Waals surface area contributed by atoms with Crippen LogP contribution >= 0.6 is 0 Å². The SMILES string of the molecule is CC(C)(C)C1CCN(CC2NCCCC2(C)C)CC1. The van der Waals surface area contributed by atoms with Crippen LogP contribution in [0.3, 0.4) is 0 Å². The third-order valence-electron chi connectivity index (χ3n) is 5.59. The van der Waals surface area contributed by atoms with Crippen LogP contribution in [-0.2, 0) is 0 Å². The fraction of sp³-hybridized carbons (Fsp3) is 1.00. The van der Waals surface area contributed by atoms with E-state index in [2.05, 4.69) is 44.8 Å². The van der Waals surface area contributed by atoms with Crippen molar-refractivity contribution in [1.82, 2.24) is 10.2 Å². The first-order valence-corrected chi connectivity index (χ1v) is 8.25. The summed E-state index contributed by atoms with van der Waals surface area (Å²) in [6.07, 6.45) is 5.49. The number of piperidine rings is 2. The first kappa shape index (κ1) is 15.3. The predicted octanol–water partition coefficient (Wildman–Crippen LogP) is 3.52. The van der Waals surface area contributed by atoms with Gasteiger partial charge in [0.1, 0.15) is 0 Å². The Balaban J connectivity index is 1.82. The summed E-state index contributed by atoms with van der Waals surface area (Å²) >= 11 is 0. The highest BCUT2D eigenvalue weighted by Crippen LogP contribution is 2.35. The van der Waals surface area contributed by atoms with Gasteiger partial charge in [0.15, 0.2) is 0 Å². The molecule has 0 bridgehead atoms. The molecule has 0 spiro atoms. The topological polar surface area (TPSA) is 15.3 Å². The lowest BCUT2D eigenvalue weighted by molar-refractivity contribution is 0.0756. The first-order valence-electron chi connectivity index (χ1n) is 8.25. The van der Waals surface area contributed by atoms with Gasteiger partial charge in [-0.3, -0.25) is 0 Å². The minimum atomic E-state index is 0.471. The molecule has 2 fully saturated rings. The number of rotatable bonds is 2. The Bertz CT molecular complexity index is 282. The molecular weight excluding hydrogens is 232 g/mol. The smallest absolute Gasteiger partial charge is 0.0246 e. The van der Waals surface area contributed by atoms with Crippen LogP contribution in [0.15, 0.2) is 0 Å². The number of hydrogen-bond acceptors (Lipinski definition) is 2. The second-order valence-corrected chi connectivity index (χ2v) is 8.54. The Hall–Kier alpha value is -0.0800. The van der Waals surface area contributed by atoms with Crippen LogP contribution in [0.25, 0.3) is 0 Å². The van der Waals surface area contributed by atoms with E-state index in [0.717, 1.165) is 5.92 Å². The standard InChI is InChI=1S/C17H34N2/c1-16(2,3)14-7-11-19(12-8-14)13-15-17(4,5)9-6-10-18-15/h14-15,18H,6-13H2,1-5H3. The summed E-state index contributed by atoms with van der Waals surface area (Å²) in [5, 5.41) is 3.76. The quantitative estimate of drug-likeness (QED) is 0.822. The average Bonchev–Trinajstić information content (AvgIpc) is 2.31. The molecule has 0 aliphatic carbocycles. The summed E-state index contributed by atoms with van der Waals surface area (Å²) in [5.74, 6) is 0.913. The molecule has 0 aromatic rings. The van der Waals surface area contributed by atoms with Gasteiger partial charge in [0.2, 0.25) is 0 Å². The zero-order valence-corrected chi connectivity index (χ0v) is 13.8. The zero-order valence-electron chi connectivity index (χ0n) is 13.8. The van der Waals surface area contributed by atoms with Crippen molar-refractivity contribution in [3.05, 3.63) is 0 Å². The van der Waals surface area contributed by atoms with Crippen LogP contribution in [0.2, 0.25) is 0 Å². The molecule has 1 N–H and O–H groups in total. The lowest BCUT2D eigenvalue weighted by Crippen LogP contribution is -2.54. The van der Waals surface area contributed by atoms with Gasteiger partial charge in [0.25, 0.3) is 0 Å². The molecule has 0 saturated carbocycles. The minimum Gasteiger partial charge on any atom is -0.312 e. The summed E-state index contributed by atoms with van der Waals surface area (Å²) in [7, 11) is 0. The number of nitrogens with one attached hydrogen (secondary N) is 1. The predicted molar refractivity (Wildman–Crippen MR) is 83.4 cm³/mol. The summed E-state index contributed by atoms with van der Waals surface area (Å²) in [6.45, 7) is 17.2. The lowest BCUT2D eigenvalue weighted by atomic mass is 9.74. The summed E-state index contributed by atoms with van der Waals surface area (Å²) in [6, 6.07) is 0.687. The highest BCUT2D eigenvalue weighted by molar-refractivity contribution is 4.91. The monoisotopic (exact) mass is 266 g/mol. The van der Waals surface area contributed by atoms with E-state index in [-0.39, 0.29) is 0 Å². The van der Waals surface area contributed by atoms with Gasteiger partial charge in [-0.25, -0.2) is 0 Å². The van der Waals surface area contributed by atoms with Crippen LogP contribution < -0.4 is 5.32 Å². The van der Waals surface area contributed by atoms with Crippen LogP contribution in [0.5, 0.6) is 0 Å². The van der Waals surface area contributed by atoms with Gasteiger partial charge in [-0.05, 0) is 62.1 Å². The fourth-order valence-electron chi connectivity index (χ4n) is 3.82. The zero-order chi connectivity index (χ0) is 14.1. The molecule has 2 aliphatic rings. The van der Waals surface area contributed by atoms with E-state index in [4.69, 9.17) is 0 Å². The Morgan fingerprint density at radius 3 is 2.32 bits per heavy atom. The average molecular weight is 266 g/mol. The molecular formula is C17H34N2. The molecule has 2 nitrogen and oxygen atoms in total. The minimum absolute atomic E-state index is 0.471. The van der Waals surface area contributed by atoms with E-state index < -0.39 is 0 Å². The maximum absolute atomic E-state index is 3.76. The van der Waals surface area contributed by atoms with Crippen LogP contribution in [-0.4, -0.2) is 37.1 Å². The molecule has 0 amide bonds. The molecule has 1 unspecified atom stereocenters. The molecule has 112 valence electrons. The number of likely N-dealkylation sites (tertiary alicyclic amines) is 1. The van der Waals surface area contributed by atoms with Crippen LogP contribution in [0, 0.1) is 16.7 Å². The number of hydrogen-bond donors (Lipinski definition) is 1. The molecule has 19 heavy (non-hydrogen) atoms. The van der Waals surface area contributed by atoms with Gasteiger partial charge in [0.05, 0.1) is 0 Å². The van der Waals surface area contributed by atoms with Crippen molar-refractivity contribution >= 4 is 0 Å². The highest BCUT2D eigenvalue weighted by Gasteiger charge is 2.35. The summed E-state index contributed by atoms with van der Waals surface area (Å²) in [5.41, 5.74) is 0.966. The second-order valence-electron chi connectivity index (χ2n) is 8.54. The molecule has 2 saturated heterocycles. The third kappa shape index (κ3) is 3.95. The largest absolute Gasteiger partial charge is 0.312 e. The summed E-state index contributed by atoms with van der Waals surface area (Å²) < 4.78 is 0. The van der Waals surface area contributed by atoms with Crippen molar-refractivity contribution in [2.45, 2.75) is 66.3 Å². The van der Waals surface area contributed by atoms with E-state index in [9.17, 15) is 0 Å². The molecule has 0 radical (unpaired) electrons.